The van der Waals surface area contributed by atoms with Gasteiger partial charge in [0.1, 0.15) is 0 Å². The first kappa shape index (κ1) is 16.2. The van der Waals surface area contributed by atoms with Gasteiger partial charge >= 0.3 is 5.97 Å². The molecular weight excluding hydrogens is 212 g/mol. The lowest BCUT2D eigenvalue weighted by Crippen LogP contribution is -2.09. The van der Waals surface area contributed by atoms with Crippen LogP contribution in [0.25, 0.3) is 0 Å². The third-order valence-electron chi connectivity index (χ3n) is 2.47. The minimum absolute atomic E-state index is 0.0573. The highest BCUT2D eigenvalue weighted by atomic mass is 16.5. The van der Waals surface area contributed by atoms with Gasteiger partial charge in [0.2, 0.25) is 0 Å². The van der Waals surface area contributed by atoms with Crippen molar-refractivity contribution in [1.29, 1.82) is 0 Å². The molecule has 0 aliphatic carbocycles. The minimum atomic E-state index is -0.0573. The second kappa shape index (κ2) is 11.7. The van der Waals surface area contributed by atoms with Gasteiger partial charge in [-0.3, -0.25) is 4.79 Å². The standard InChI is InChI=1S/C15H28O2/c1-4-5-6-7-8-9-10-11-12-15(16)17-13-14(2)3/h8-9,14H,4-7,10-13H2,1-3H3/b9-8-. The minimum Gasteiger partial charge on any atom is -0.465 e. The van der Waals surface area contributed by atoms with Crippen molar-refractivity contribution in [3.63, 3.8) is 0 Å². The summed E-state index contributed by atoms with van der Waals surface area (Å²) in [7, 11) is 0. The van der Waals surface area contributed by atoms with Gasteiger partial charge in [0.05, 0.1) is 6.61 Å². The summed E-state index contributed by atoms with van der Waals surface area (Å²) in [5.41, 5.74) is 0. The Labute approximate surface area is 106 Å². The summed E-state index contributed by atoms with van der Waals surface area (Å²) in [5.74, 6) is 0.371. The first-order valence-electron chi connectivity index (χ1n) is 6.97. The van der Waals surface area contributed by atoms with E-state index in [1.54, 1.807) is 0 Å². The SMILES string of the molecule is CCCCC/C=C\CCCC(=O)OCC(C)C. The molecule has 0 amide bonds. The average Bonchev–Trinajstić information content (AvgIpc) is 2.30. The van der Waals surface area contributed by atoms with Crippen molar-refractivity contribution in [2.45, 2.75) is 65.7 Å². The maximum atomic E-state index is 11.3. The molecule has 0 spiro atoms. The van der Waals surface area contributed by atoms with Crippen molar-refractivity contribution >= 4 is 5.97 Å². The number of rotatable bonds is 10. The molecule has 0 aliphatic rings. The van der Waals surface area contributed by atoms with E-state index in [9.17, 15) is 4.79 Å². The van der Waals surface area contributed by atoms with Gasteiger partial charge in [-0.25, -0.2) is 0 Å². The van der Waals surface area contributed by atoms with E-state index in [1.165, 1.54) is 25.7 Å². The highest BCUT2D eigenvalue weighted by molar-refractivity contribution is 5.69. The van der Waals surface area contributed by atoms with E-state index < -0.39 is 0 Å². The Kier molecular flexibility index (Phi) is 11.1. The zero-order valence-electron chi connectivity index (χ0n) is 11.7. The van der Waals surface area contributed by atoms with Crippen LogP contribution in [-0.4, -0.2) is 12.6 Å². The van der Waals surface area contributed by atoms with Crippen LogP contribution < -0.4 is 0 Å². The topological polar surface area (TPSA) is 26.3 Å². The molecule has 0 unspecified atom stereocenters. The predicted octanol–water partition coefficient (Wildman–Crippen LogP) is 4.49. The van der Waals surface area contributed by atoms with Gasteiger partial charge in [-0.05, 0) is 31.6 Å². The fourth-order valence-electron chi connectivity index (χ4n) is 1.44. The summed E-state index contributed by atoms with van der Waals surface area (Å²) in [6.45, 7) is 6.86. The number of hydrogen-bond donors (Lipinski definition) is 0. The van der Waals surface area contributed by atoms with Gasteiger partial charge in [0, 0.05) is 6.42 Å². The number of hydrogen-bond acceptors (Lipinski definition) is 2. The van der Waals surface area contributed by atoms with E-state index in [1.807, 2.05) is 13.8 Å². The molecule has 2 nitrogen and oxygen atoms in total. The maximum Gasteiger partial charge on any atom is 0.305 e. The van der Waals surface area contributed by atoms with Crippen molar-refractivity contribution in [3.8, 4) is 0 Å². The first-order valence-corrected chi connectivity index (χ1v) is 6.97. The van der Waals surface area contributed by atoms with E-state index in [0.29, 0.717) is 18.9 Å². The molecule has 0 fully saturated rings. The van der Waals surface area contributed by atoms with Crippen molar-refractivity contribution < 1.29 is 9.53 Å². The Hall–Kier alpha value is -0.790. The molecular formula is C15H28O2. The fraction of sp³-hybridized carbons (Fsp3) is 0.800. The van der Waals surface area contributed by atoms with Crippen molar-refractivity contribution in [1.82, 2.24) is 0 Å². The van der Waals surface area contributed by atoms with E-state index in [-0.39, 0.29) is 5.97 Å². The van der Waals surface area contributed by atoms with Crippen LogP contribution in [0.4, 0.5) is 0 Å². The smallest absolute Gasteiger partial charge is 0.305 e. The lowest BCUT2D eigenvalue weighted by atomic mass is 10.1. The van der Waals surface area contributed by atoms with Crippen molar-refractivity contribution in [2.75, 3.05) is 6.61 Å². The molecule has 0 N–H and O–H groups in total. The molecule has 0 heterocycles. The van der Waals surface area contributed by atoms with Crippen molar-refractivity contribution in [2.24, 2.45) is 5.92 Å². The summed E-state index contributed by atoms with van der Waals surface area (Å²) in [5, 5.41) is 0. The molecule has 0 saturated heterocycles. The number of ether oxygens (including phenoxy) is 1. The second-order valence-corrected chi connectivity index (χ2v) is 4.94. The highest BCUT2D eigenvalue weighted by Gasteiger charge is 2.02. The van der Waals surface area contributed by atoms with Crippen LogP contribution >= 0.6 is 0 Å². The van der Waals surface area contributed by atoms with Crippen LogP contribution in [-0.2, 0) is 9.53 Å². The van der Waals surface area contributed by atoms with Crippen LogP contribution in [0.2, 0.25) is 0 Å². The Morgan fingerprint density at radius 2 is 1.76 bits per heavy atom. The third kappa shape index (κ3) is 13.1. The Bertz CT molecular complexity index is 207. The predicted molar refractivity (Wildman–Crippen MR) is 72.9 cm³/mol. The molecule has 0 bridgehead atoms. The molecule has 0 aromatic carbocycles. The largest absolute Gasteiger partial charge is 0.465 e. The summed E-state index contributed by atoms with van der Waals surface area (Å²) in [6.07, 6.45) is 11.9. The van der Waals surface area contributed by atoms with Gasteiger partial charge in [-0.1, -0.05) is 45.8 Å². The normalized spacial score (nSPS) is 11.3. The Morgan fingerprint density at radius 3 is 2.35 bits per heavy atom. The Balaban J connectivity index is 3.29. The van der Waals surface area contributed by atoms with Crippen LogP contribution in [0.3, 0.4) is 0 Å². The van der Waals surface area contributed by atoms with E-state index >= 15 is 0 Å². The molecule has 0 radical (unpaired) electrons. The van der Waals surface area contributed by atoms with Crippen LogP contribution in [0.1, 0.15) is 65.7 Å². The molecule has 0 aliphatic heterocycles. The highest BCUT2D eigenvalue weighted by Crippen LogP contribution is 2.04. The average molecular weight is 240 g/mol. The molecule has 0 aromatic heterocycles. The van der Waals surface area contributed by atoms with Crippen LogP contribution in [0.15, 0.2) is 12.2 Å². The molecule has 0 atom stereocenters. The molecule has 0 aromatic rings. The molecule has 0 rings (SSSR count). The lowest BCUT2D eigenvalue weighted by molar-refractivity contribution is -0.144. The van der Waals surface area contributed by atoms with E-state index in [2.05, 4.69) is 19.1 Å². The molecule has 2 heteroatoms. The third-order valence-corrected chi connectivity index (χ3v) is 2.47. The van der Waals surface area contributed by atoms with Crippen LogP contribution in [0, 0.1) is 5.92 Å². The van der Waals surface area contributed by atoms with E-state index in [4.69, 9.17) is 4.74 Å². The maximum absolute atomic E-state index is 11.3. The van der Waals surface area contributed by atoms with Gasteiger partial charge in [-0.2, -0.15) is 0 Å². The number of carbonyl (C=O) groups excluding carboxylic acids is 1. The van der Waals surface area contributed by atoms with Crippen LogP contribution in [0.5, 0.6) is 0 Å². The van der Waals surface area contributed by atoms with Gasteiger partial charge < -0.3 is 4.74 Å². The summed E-state index contributed by atoms with van der Waals surface area (Å²) < 4.78 is 5.10. The van der Waals surface area contributed by atoms with Gasteiger partial charge in [-0.15, -0.1) is 0 Å². The molecule has 17 heavy (non-hydrogen) atoms. The van der Waals surface area contributed by atoms with Crippen molar-refractivity contribution in [3.05, 3.63) is 12.2 Å². The Morgan fingerprint density at radius 1 is 1.12 bits per heavy atom. The van der Waals surface area contributed by atoms with Gasteiger partial charge in [0.25, 0.3) is 0 Å². The lowest BCUT2D eigenvalue weighted by Gasteiger charge is -2.06. The second-order valence-electron chi connectivity index (χ2n) is 4.94. The fourth-order valence-corrected chi connectivity index (χ4v) is 1.44. The molecule has 100 valence electrons. The van der Waals surface area contributed by atoms with Gasteiger partial charge in [0.15, 0.2) is 0 Å². The summed E-state index contributed by atoms with van der Waals surface area (Å²) in [6, 6.07) is 0. The number of esters is 1. The zero-order chi connectivity index (χ0) is 12.9. The quantitative estimate of drug-likeness (QED) is 0.319. The summed E-state index contributed by atoms with van der Waals surface area (Å²) in [4.78, 5) is 11.3. The number of carbonyl (C=O) groups is 1. The summed E-state index contributed by atoms with van der Waals surface area (Å²) >= 11 is 0. The molecule has 0 saturated carbocycles. The zero-order valence-corrected chi connectivity index (χ0v) is 11.7. The first-order chi connectivity index (χ1) is 8.16. The monoisotopic (exact) mass is 240 g/mol. The number of unbranched alkanes of at least 4 members (excludes halogenated alkanes) is 4. The van der Waals surface area contributed by atoms with E-state index in [0.717, 1.165) is 12.8 Å². The number of allylic oxidation sites excluding steroid dienone is 2.